The van der Waals surface area contributed by atoms with Gasteiger partial charge < -0.3 is 24.7 Å². The van der Waals surface area contributed by atoms with Crippen LogP contribution in [-0.2, 0) is 27.3 Å². The fourth-order valence-electron chi connectivity index (χ4n) is 6.58. The number of methoxy groups -OCH3 is 2. The van der Waals surface area contributed by atoms with E-state index in [1.807, 2.05) is 30.5 Å². The predicted octanol–water partition coefficient (Wildman–Crippen LogP) is 3.74. The van der Waals surface area contributed by atoms with Crippen LogP contribution < -0.4 is 14.8 Å². The van der Waals surface area contributed by atoms with Gasteiger partial charge in [0, 0.05) is 49.6 Å². The molecule has 44 heavy (non-hydrogen) atoms. The minimum Gasteiger partial charge on any atom is -0.493 e. The van der Waals surface area contributed by atoms with E-state index in [1.54, 1.807) is 32.4 Å². The molecule has 3 amide bonds. The van der Waals surface area contributed by atoms with Gasteiger partial charge in [-0.3, -0.25) is 24.2 Å². The second-order valence-electron chi connectivity index (χ2n) is 11.9. The average Bonchev–Trinajstić information content (AvgIpc) is 3.46. The van der Waals surface area contributed by atoms with Gasteiger partial charge in [-0.25, -0.2) is 0 Å². The molecule has 236 valence electrons. The number of para-hydroxylation sites is 1. The van der Waals surface area contributed by atoms with E-state index in [4.69, 9.17) is 9.47 Å². The number of hydrogen-bond acceptors (Lipinski definition) is 7. The third kappa shape index (κ3) is 7.60. The Morgan fingerprint density at radius 3 is 2.41 bits per heavy atom. The van der Waals surface area contributed by atoms with Crippen molar-refractivity contribution < 1.29 is 23.9 Å². The van der Waals surface area contributed by atoms with Crippen molar-refractivity contribution in [2.75, 3.05) is 46.9 Å². The third-order valence-corrected chi connectivity index (χ3v) is 9.00. The molecular formula is C34H45N5O5. The number of piperidine rings is 2. The first kappa shape index (κ1) is 31.5. The lowest BCUT2D eigenvalue weighted by molar-refractivity contribution is -0.147. The largest absolute Gasteiger partial charge is 0.493 e. The summed E-state index contributed by atoms with van der Waals surface area (Å²) in [6.07, 6.45) is 8.10. The smallest absolute Gasteiger partial charge is 0.252 e. The molecule has 2 aromatic carbocycles. The van der Waals surface area contributed by atoms with Crippen LogP contribution in [0.4, 0.5) is 0 Å². The number of aromatic amines is 1. The number of aromatic nitrogens is 1. The van der Waals surface area contributed by atoms with Gasteiger partial charge >= 0.3 is 0 Å². The molecular weight excluding hydrogens is 558 g/mol. The van der Waals surface area contributed by atoms with Crippen molar-refractivity contribution in [3.05, 3.63) is 59.8 Å². The quantitative estimate of drug-likeness (QED) is 0.344. The highest BCUT2D eigenvalue weighted by Crippen LogP contribution is 2.28. The van der Waals surface area contributed by atoms with E-state index < -0.39 is 17.9 Å². The van der Waals surface area contributed by atoms with Crippen LogP contribution in [0.25, 0.3) is 10.9 Å². The predicted molar refractivity (Wildman–Crippen MR) is 170 cm³/mol. The number of ether oxygens (including phenoxy) is 2. The maximum atomic E-state index is 14.1. The van der Waals surface area contributed by atoms with Crippen molar-refractivity contribution >= 4 is 28.6 Å². The number of hydrogen-bond donors (Lipinski definition) is 2. The Balaban J connectivity index is 1.30. The number of carbonyl (C=O) groups excluding carboxylic acids is 3. The van der Waals surface area contributed by atoms with Gasteiger partial charge in [-0.05, 0) is 68.1 Å². The first-order chi connectivity index (χ1) is 21.4. The number of nitrogens with zero attached hydrogens (tertiary/aromatic N) is 3. The SMILES string of the molecule is COc1ccc(CN(C(C)=O)C(=O)C(Cc2c[nH]c3ccccc23)NC(=O)CN2CCC(N3CCCCC3)CC2)cc1OC. The van der Waals surface area contributed by atoms with E-state index in [1.165, 1.54) is 44.2 Å². The molecule has 0 saturated carbocycles. The van der Waals surface area contributed by atoms with Crippen LogP contribution >= 0.6 is 0 Å². The molecule has 0 spiro atoms. The van der Waals surface area contributed by atoms with Gasteiger partial charge in [0.2, 0.25) is 11.8 Å². The maximum absolute atomic E-state index is 14.1. The Hall–Kier alpha value is -3.89. The molecule has 2 aliphatic heterocycles. The molecule has 0 radical (unpaired) electrons. The van der Waals surface area contributed by atoms with Crippen LogP contribution in [0, 0.1) is 0 Å². The minimum atomic E-state index is -0.920. The zero-order valence-corrected chi connectivity index (χ0v) is 26.1. The summed E-state index contributed by atoms with van der Waals surface area (Å²) in [4.78, 5) is 49.6. The Morgan fingerprint density at radius 1 is 0.977 bits per heavy atom. The molecule has 1 unspecified atom stereocenters. The van der Waals surface area contributed by atoms with E-state index in [0.717, 1.165) is 42.4 Å². The summed E-state index contributed by atoms with van der Waals surface area (Å²) in [5, 5.41) is 3.99. The van der Waals surface area contributed by atoms with Crippen molar-refractivity contribution in [3.8, 4) is 11.5 Å². The third-order valence-electron chi connectivity index (χ3n) is 9.00. The van der Waals surface area contributed by atoms with Crippen molar-refractivity contribution in [2.24, 2.45) is 0 Å². The van der Waals surface area contributed by atoms with Crippen LogP contribution in [-0.4, -0.2) is 96.4 Å². The number of likely N-dealkylation sites (tertiary alicyclic amines) is 2. The molecule has 1 aromatic heterocycles. The van der Waals surface area contributed by atoms with Gasteiger partial charge in [0.1, 0.15) is 6.04 Å². The number of nitrogens with one attached hydrogen (secondary N) is 2. The molecule has 2 saturated heterocycles. The molecule has 0 bridgehead atoms. The number of H-pyrrole nitrogens is 1. The summed E-state index contributed by atoms with van der Waals surface area (Å²) in [6, 6.07) is 12.8. The second kappa shape index (κ2) is 14.7. The number of amides is 3. The molecule has 2 fully saturated rings. The Labute approximate surface area is 259 Å². The summed E-state index contributed by atoms with van der Waals surface area (Å²) in [7, 11) is 3.09. The highest BCUT2D eigenvalue weighted by Gasteiger charge is 2.31. The Bertz CT molecular complexity index is 1440. The van der Waals surface area contributed by atoms with Crippen molar-refractivity contribution in [2.45, 2.75) is 64.1 Å². The normalized spacial score (nSPS) is 17.2. The van der Waals surface area contributed by atoms with Gasteiger partial charge in [0.25, 0.3) is 5.91 Å². The Morgan fingerprint density at radius 2 is 1.70 bits per heavy atom. The number of benzene rings is 2. The van der Waals surface area contributed by atoms with Crippen LogP contribution in [0.3, 0.4) is 0 Å². The van der Waals surface area contributed by atoms with E-state index in [-0.39, 0.29) is 25.4 Å². The van der Waals surface area contributed by atoms with Gasteiger partial charge in [0.05, 0.1) is 27.3 Å². The van der Waals surface area contributed by atoms with Crippen molar-refractivity contribution in [1.82, 2.24) is 25.0 Å². The van der Waals surface area contributed by atoms with E-state index >= 15 is 0 Å². The summed E-state index contributed by atoms with van der Waals surface area (Å²) in [6.45, 7) is 5.70. The summed E-state index contributed by atoms with van der Waals surface area (Å²) in [5.41, 5.74) is 2.56. The first-order valence-electron chi connectivity index (χ1n) is 15.7. The molecule has 2 N–H and O–H groups in total. The summed E-state index contributed by atoms with van der Waals surface area (Å²) in [5.74, 6) is 0.00161. The van der Waals surface area contributed by atoms with Gasteiger partial charge in [-0.1, -0.05) is 30.7 Å². The highest BCUT2D eigenvalue weighted by atomic mass is 16.5. The molecule has 5 rings (SSSR count). The number of imide groups is 1. The van der Waals surface area contributed by atoms with Crippen LogP contribution in [0.5, 0.6) is 11.5 Å². The molecule has 10 nitrogen and oxygen atoms in total. The van der Waals surface area contributed by atoms with Gasteiger partial charge in [-0.15, -0.1) is 0 Å². The number of rotatable bonds is 11. The topological polar surface area (TPSA) is 107 Å². The van der Waals surface area contributed by atoms with Crippen LogP contribution in [0.2, 0.25) is 0 Å². The maximum Gasteiger partial charge on any atom is 0.252 e. The van der Waals surface area contributed by atoms with Crippen LogP contribution in [0.1, 0.15) is 50.2 Å². The van der Waals surface area contributed by atoms with Crippen LogP contribution in [0.15, 0.2) is 48.7 Å². The molecule has 10 heteroatoms. The lowest BCUT2D eigenvalue weighted by atomic mass is 10.00. The average molecular weight is 604 g/mol. The molecule has 2 aliphatic rings. The first-order valence-corrected chi connectivity index (χ1v) is 15.7. The summed E-state index contributed by atoms with van der Waals surface area (Å²) >= 11 is 0. The monoisotopic (exact) mass is 603 g/mol. The van der Waals surface area contributed by atoms with Gasteiger partial charge in [-0.2, -0.15) is 0 Å². The van der Waals surface area contributed by atoms with E-state index in [2.05, 4.69) is 20.1 Å². The second-order valence-corrected chi connectivity index (χ2v) is 11.9. The number of fused-ring (bicyclic) bond motifs is 1. The number of carbonyl (C=O) groups is 3. The van der Waals surface area contributed by atoms with Gasteiger partial charge in [0.15, 0.2) is 11.5 Å². The minimum absolute atomic E-state index is 0.0405. The fourth-order valence-corrected chi connectivity index (χ4v) is 6.58. The zero-order chi connectivity index (χ0) is 31.1. The highest BCUT2D eigenvalue weighted by molar-refractivity contribution is 5.99. The zero-order valence-electron chi connectivity index (χ0n) is 26.1. The molecule has 1 atom stereocenters. The molecule has 3 heterocycles. The molecule has 3 aromatic rings. The van der Waals surface area contributed by atoms with Crippen molar-refractivity contribution in [3.63, 3.8) is 0 Å². The lowest BCUT2D eigenvalue weighted by Crippen LogP contribution is -2.54. The Kier molecular flexibility index (Phi) is 10.6. The van der Waals surface area contributed by atoms with Crippen molar-refractivity contribution in [1.29, 1.82) is 0 Å². The fraction of sp³-hybridized carbons (Fsp3) is 0.500. The lowest BCUT2D eigenvalue weighted by Gasteiger charge is -2.40. The van der Waals surface area contributed by atoms with E-state index in [0.29, 0.717) is 23.1 Å². The summed E-state index contributed by atoms with van der Waals surface area (Å²) < 4.78 is 10.8. The molecule has 0 aliphatic carbocycles. The van der Waals surface area contributed by atoms with E-state index in [9.17, 15) is 14.4 Å². The standard InChI is InChI=1S/C34H45N5O5/c1-24(40)39(22-25-11-12-31(43-2)32(19-25)44-3)34(42)30(20-26-21-35-29-10-6-5-9-28(26)29)36-33(41)23-37-17-13-27(14-18-37)38-15-7-4-8-16-38/h5-6,9-12,19,21,27,30,35H,4,7-8,13-18,20,22-23H2,1-3H3,(H,36,41).